The maximum absolute atomic E-state index is 13.7. The van der Waals surface area contributed by atoms with E-state index in [4.69, 9.17) is 5.73 Å². The van der Waals surface area contributed by atoms with Crippen LogP contribution >= 0.6 is 15.9 Å². The van der Waals surface area contributed by atoms with Crippen molar-refractivity contribution in [3.8, 4) is 0 Å². The molecule has 1 amide bonds. The van der Waals surface area contributed by atoms with Crippen LogP contribution in [-0.4, -0.2) is 5.91 Å². The quantitative estimate of drug-likeness (QED) is 0.484. The molecule has 0 aliphatic heterocycles. The Hall–Kier alpha value is -2.09. The molecule has 0 unspecified atom stereocenters. The lowest BCUT2D eigenvalue weighted by atomic mass is 10.1. The van der Waals surface area contributed by atoms with E-state index in [0.29, 0.717) is 18.2 Å². The SMILES string of the molecule is Nc1cc(F)cc(C(=O)Nc2cc(Br)c(F)cc2F)c1F. The van der Waals surface area contributed by atoms with Crippen LogP contribution in [0.4, 0.5) is 28.9 Å². The fourth-order valence-electron chi connectivity index (χ4n) is 1.58. The number of halogens is 5. The third-order valence-corrected chi connectivity index (χ3v) is 3.18. The number of anilines is 2. The van der Waals surface area contributed by atoms with E-state index in [2.05, 4.69) is 15.9 Å². The van der Waals surface area contributed by atoms with Crippen molar-refractivity contribution in [3.05, 3.63) is 57.6 Å². The van der Waals surface area contributed by atoms with Gasteiger partial charge in [-0.2, -0.15) is 0 Å². The second-order valence-electron chi connectivity index (χ2n) is 4.06. The summed E-state index contributed by atoms with van der Waals surface area (Å²) >= 11 is 2.82. The van der Waals surface area contributed by atoms with Crippen molar-refractivity contribution >= 4 is 33.2 Å². The molecular formula is C13H7BrF4N2O. The summed E-state index contributed by atoms with van der Waals surface area (Å²) in [7, 11) is 0. The van der Waals surface area contributed by atoms with Crippen LogP contribution < -0.4 is 11.1 Å². The molecule has 0 aliphatic carbocycles. The summed E-state index contributed by atoms with van der Waals surface area (Å²) in [6, 6.07) is 2.83. The van der Waals surface area contributed by atoms with Crippen LogP contribution in [0.1, 0.15) is 10.4 Å². The zero-order valence-electron chi connectivity index (χ0n) is 10.2. The number of nitrogens with two attached hydrogens (primary N) is 1. The van der Waals surface area contributed by atoms with E-state index in [1.165, 1.54) is 0 Å². The molecule has 0 spiro atoms. The molecule has 2 aromatic carbocycles. The van der Waals surface area contributed by atoms with Crippen LogP contribution in [0.15, 0.2) is 28.7 Å². The van der Waals surface area contributed by atoms with Crippen molar-refractivity contribution in [2.24, 2.45) is 0 Å². The Balaban J connectivity index is 2.37. The first-order valence-corrected chi connectivity index (χ1v) is 6.29. The molecule has 3 N–H and O–H groups in total. The van der Waals surface area contributed by atoms with Crippen molar-refractivity contribution in [2.75, 3.05) is 11.1 Å². The first-order valence-electron chi connectivity index (χ1n) is 5.50. The van der Waals surface area contributed by atoms with Gasteiger partial charge in [-0.15, -0.1) is 0 Å². The summed E-state index contributed by atoms with van der Waals surface area (Å²) in [6.07, 6.45) is 0. The van der Waals surface area contributed by atoms with Gasteiger partial charge in [0, 0.05) is 6.07 Å². The summed E-state index contributed by atoms with van der Waals surface area (Å²) in [5.41, 5.74) is 3.56. The monoisotopic (exact) mass is 362 g/mol. The van der Waals surface area contributed by atoms with Crippen molar-refractivity contribution in [3.63, 3.8) is 0 Å². The van der Waals surface area contributed by atoms with E-state index in [-0.39, 0.29) is 4.47 Å². The lowest BCUT2D eigenvalue weighted by molar-refractivity contribution is 0.102. The van der Waals surface area contributed by atoms with Gasteiger partial charge in [-0.1, -0.05) is 0 Å². The standard InChI is InChI=1S/C13H7BrF4N2O/c14-7-3-11(9(17)4-8(7)16)20-13(21)6-1-5(15)2-10(19)12(6)18/h1-4H,19H2,(H,20,21). The van der Waals surface area contributed by atoms with Gasteiger partial charge >= 0.3 is 0 Å². The van der Waals surface area contributed by atoms with E-state index in [0.717, 1.165) is 6.07 Å². The number of rotatable bonds is 2. The number of nitrogens with one attached hydrogen (secondary N) is 1. The molecule has 21 heavy (non-hydrogen) atoms. The van der Waals surface area contributed by atoms with Crippen LogP contribution in [0, 0.1) is 23.3 Å². The van der Waals surface area contributed by atoms with Gasteiger partial charge in [0.15, 0.2) is 5.82 Å². The average Bonchev–Trinajstić information content (AvgIpc) is 2.40. The number of carbonyl (C=O) groups excluding carboxylic acids is 1. The van der Waals surface area contributed by atoms with E-state index in [1.807, 2.05) is 5.32 Å². The molecule has 0 fully saturated rings. The largest absolute Gasteiger partial charge is 0.396 e. The minimum Gasteiger partial charge on any atom is -0.396 e. The van der Waals surface area contributed by atoms with Crippen LogP contribution in [-0.2, 0) is 0 Å². The molecule has 0 radical (unpaired) electrons. The number of amides is 1. The van der Waals surface area contributed by atoms with Crippen molar-refractivity contribution in [1.29, 1.82) is 0 Å². The zero-order chi connectivity index (χ0) is 15.7. The number of benzene rings is 2. The Labute approximate surface area is 124 Å². The van der Waals surface area contributed by atoms with E-state index < -0.39 is 46.1 Å². The number of hydrogen-bond acceptors (Lipinski definition) is 2. The minimum absolute atomic E-state index is 0.0987. The molecule has 8 heteroatoms. The molecule has 0 atom stereocenters. The van der Waals surface area contributed by atoms with E-state index in [9.17, 15) is 22.4 Å². The number of carbonyl (C=O) groups is 1. The predicted octanol–water partition coefficient (Wildman–Crippen LogP) is 3.84. The first-order chi connectivity index (χ1) is 9.79. The fraction of sp³-hybridized carbons (Fsp3) is 0. The normalized spacial score (nSPS) is 10.5. The molecule has 3 nitrogen and oxygen atoms in total. The van der Waals surface area contributed by atoms with Gasteiger partial charge in [0.2, 0.25) is 0 Å². The molecule has 0 heterocycles. The summed E-state index contributed by atoms with van der Waals surface area (Å²) in [6.45, 7) is 0. The molecule has 0 aromatic heterocycles. The van der Waals surface area contributed by atoms with Gasteiger partial charge in [-0.05, 0) is 34.1 Å². The topological polar surface area (TPSA) is 55.1 Å². The molecule has 2 aromatic rings. The third kappa shape index (κ3) is 3.15. The van der Waals surface area contributed by atoms with Gasteiger partial charge in [0.25, 0.3) is 5.91 Å². The highest BCUT2D eigenvalue weighted by atomic mass is 79.9. The Bertz CT molecular complexity index is 737. The van der Waals surface area contributed by atoms with E-state index >= 15 is 0 Å². The minimum atomic E-state index is -1.13. The Morgan fingerprint density at radius 3 is 2.38 bits per heavy atom. The molecule has 0 aliphatic rings. The number of nitrogen functional groups attached to an aromatic ring is 1. The molecular weight excluding hydrogens is 356 g/mol. The Morgan fingerprint density at radius 2 is 1.71 bits per heavy atom. The predicted molar refractivity (Wildman–Crippen MR) is 72.8 cm³/mol. The second kappa shape index (κ2) is 5.72. The zero-order valence-corrected chi connectivity index (χ0v) is 11.8. The summed E-state index contributed by atoms with van der Waals surface area (Å²) < 4.78 is 53.3. The third-order valence-electron chi connectivity index (χ3n) is 2.57. The molecule has 0 bridgehead atoms. The van der Waals surface area contributed by atoms with Gasteiger partial charge in [-0.3, -0.25) is 4.79 Å². The smallest absolute Gasteiger partial charge is 0.258 e. The summed E-state index contributed by atoms with van der Waals surface area (Å²) in [5, 5.41) is 2.02. The fourth-order valence-corrected chi connectivity index (χ4v) is 1.93. The van der Waals surface area contributed by atoms with Gasteiger partial charge in [-0.25, -0.2) is 17.6 Å². The van der Waals surface area contributed by atoms with Crippen molar-refractivity contribution in [2.45, 2.75) is 0 Å². The first kappa shape index (κ1) is 15.3. The summed E-state index contributed by atoms with van der Waals surface area (Å²) in [4.78, 5) is 11.8. The Morgan fingerprint density at radius 1 is 1.05 bits per heavy atom. The molecule has 110 valence electrons. The average molecular weight is 363 g/mol. The van der Waals surface area contributed by atoms with Crippen LogP contribution in [0.3, 0.4) is 0 Å². The van der Waals surface area contributed by atoms with Gasteiger partial charge < -0.3 is 11.1 Å². The lowest BCUT2D eigenvalue weighted by Gasteiger charge is -2.09. The van der Waals surface area contributed by atoms with Gasteiger partial charge in [0.05, 0.1) is 21.4 Å². The van der Waals surface area contributed by atoms with Crippen molar-refractivity contribution < 1.29 is 22.4 Å². The van der Waals surface area contributed by atoms with Gasteiger partial charge in [0.1, 0.15) is 17.5 Å². The highest BCUT2D eigenvalue weighted by molar-refractivity contribution is 9.10. The van der Waals surface area contributed by atoms with Crippen LogP contribution in [0.2, 0.25) is 0 Å². The highest BCUT2D eigenvalue weighted by Crippen LogP contribution is 2.25. The number of hydrogen-bond donors (Lipinski definition) is 2. The maximum atomic E-state index is 13.7. The van der Waals surface area contributed by atoms with Crippen LogP contribution in [0.5, 0.6) is 0 Å². The lowest BCUT2D eigenvalue weighted by Crippen LogP contribution is -2.16. The maximum Gasteiger partial charge on any atom is 0.258 e. The van der Waals surface area contributed by atoms with Crippen LogP contribution in [0.25, 0.3) is 0 Å². The molecule has 2 rings (SSSR count). The molecule has 0 saturated heterocycles. The second-order valence-corrected chi connectivity index (χ2v) is 4.91. The highest BCUT2D eigenvalue weighted by Gasteiger charge is 2.18. The van der Waals surface area contributed by atoms with Crippen molar-refractivity contribution in [1.82, 2.24) is 0 Å². The summed E-state index contributed by atoms with van der Waals surface area (Å²) in [5.74, 6) is -5.09. The van der Waals surface area contributed by atoms with E-state index in [1.54, 1.807) is 0 Å². The Kier molecular flexibility index (Phi) is 4.17. The molecule has 0 saturated carbocycles.